The number of carbonyl (C=O) groups excluding carboxylic acids is 1. The molecule has 0 radical (unpaired) electrons. The lowest BCUT2D eigenvalue weighted by Crippen LogP contribution is -2.41. The van der Waals surface area contributed by atoms with Crippen LogP contribution in [-0.4, -0.2) is 46.6 Å². The minimum atomic E-state index is -4.04. The van der Waals surface area contributed by atoms with Crippen molar-refractivity contribution in [2.24, 2.45) is 5.10 Å². The predicted octanol–water partition coefficient (Wildman–Crippen LogP) is 2.29. The minimum Gasteiger partial charge on any atom is -0.382 e. The molecule has 1 atom stereocenters. The summed E-state index contributed by atoms with van der Waals surface area (Å²) in [4.78, 5) is 16.2. The smallest absolute Gasteiger partial charge is 0.340 e. The maximum Gasteiger partial charge on any atom is 0.340 e. The fraction of sp³-hybridized carbons (Fsp3) is 0.235. The largest absolute Gasteiger partial charge is 0.382 e. The molecule has 1 N–H and O–H groups in total. The third-order valence-corrected chi connectivity index (χ3v) is 3.21. The first kappa shape index (κ1) is 17.7. The number of rotatable bonds is 6. The third kappa shape index (κ3) is 3.80. The lowest BCUT2D eigenvalue weighted by Gasteiger charge is -2.22. The lowest BCUT2D eigenvalue weighted by atomic mass is 9.95. The number of nitrogens with zero attached hydrogens (tertiary/aromatic N) is 3. The van der Waals surface area contributed by atoms with Gasteiger partial charge in [-0.1, -0.05) is 30.3 Å². The van der Waals surface area contributed by atoms with Crippen LogP contribution in [0, 0.1) is 0 Å². The minimum absolute atomic E-state index is 0.0498. The number of Topliss-reactive ketones (excluding diaryl/α,β-unsaturated/α-hetero) is 1. The van der Waals surface area contributed by atoms with Crippen molar-refractivity contribution in [2.75, 3.05) is 14.1 Å². The molecule has 0 saturated carbocycles. The van der Waals surface area contributed by atoms with E-state index in [2.05, 4.69) is 10.1 Å². The number of hydrogen-bond donors (Lipinski definition) is 1. The van der Waals surface area contributed by atoms with Crippen molar-refractivity contribution < 1.29 is 18.7 Å². The molecule has 0 bridgehead atoms. The normalized spacial score (nSPS) is 13.5. The first-order valence-corrected chi connectivity index (χ1v) is 7.16. The standard InChI is InChI=1S/C17H17F2N3O2/c1-22(2)21-14(13-9-6-10-20-11-13)16(24)17(18,19)15(23)12-7-4-3-5-8-12/h3-11,15,23H,1-2H3/b21-14+. The van der Waals surface area contributed by atoms with E-state index in [-0.39, 0.29) is 11.1 Å². The van der Waals surface area contributed by atoms with Gasteiger partial charge in [0.2, 0.25) is 0 Å². The Balaban J connectivity index is 2.42. The number of aromatic nitrogens is 1. The second-order valence-electron chi connectivity index (χ2n) is 5.30. The Morgan fingerprint density at radius 3 is 2.42 bits per heavy atom. The summed E-state index contributed by atoms with van der Waals surface area (Å²) in [5, 5.41) is 15.1. The fourth-order valence-electron chi connectivity index (χ4n) is 2.06. The van der Waals surface area contributed by atoms with Crippen LogP contribution in [0.25, 0.3) is 0 Å². The molecule has 24 heavy (non-hydrogen) atoms. The molecule has 1 unspecified atom stereocenters. The van der Waals surface area contributed by atoms with Crippen LogP contribution in [-0.2, 0) is 4.79 Å². The number of hydrogen-bond acceptors (Lipinski definition) is 5. The Bertz CT molecular complexity index is 719. The summed E-state index contributed by atoms with van der Waals surface area (Å²) < 4.78 is 29.1. The Labute approximate surface area is 138 Å². The zero-order valence-electron chi connectivity index (χ0n) is 13.2. The molecule has 0 aliphatic carbocycles. The Morgan fingerprint density at radius 1 is 1.21 bits per heavy atom. The Kier molecular flexibility index (Phi) is 5.35. The monoisotopic (exact) mass is 333 g/mol. The van der Waals surface area contributed by atoms with E-state index in [4.69, 9.17) is 0 Å². The second-order valence-corrected chi connectivity index (χ2v) is 5.30. The van der Waals surface area contributed by atoms with Crippen molar-refractivity contribution in [1.82, 2.24) is 9.99 Å². The van der Waals surface area contributed by atoms with Crippen molar-refractivity contribution >= 4 is 11.5 Å². The van der Waals surface area contributed by atoms with Crippen molar-refractivity contribution in [3.05, 3.63) is 66.0 Å². The van der Waals surface area contributed by atoms with Crippen LogP contribution in [0.15, 0.2) is 60.0 Å². The van der Waals surface area contributed by atoms with Gasteiger partial charge >= 0.3 is 5.92 Å². The summed E-state index contributed by atoms with van der Waals surface area (Å²) in [6, 6.07) is 10.3. The molecule has 7 heteroatoms. The molecule has 5 nitrogen and oxygen atoms in total. The first-order valence-electron chi connectivity index (χ1n) is 7.16. The molecule has 0 spiro atoms. The number of carbonyl (C=O) groups is 1. The van der Waals surface area contributed by atoms with E-state index in [0.717, 1.165) is 0 Å². The van der Waals surface area contributed by atoms with Gasteiger partial charge in [-0.25, -0.2) is 0 Å². The van der Waals surface area contributed by atoms with Gasteiger partial charge in [-0.2, -0.15) is 13.9 Å². The van der Waals surface area contributed by atoms with Gasteiger partial charge < -0.3 is 10.1 Å². The first-order chi connectivity index (χ1) is 11.3. The summed E-state index contributed by atoms with van der Waals surface area (Å²) in [5.41, 5.74) is -0.365. The summed E-state index contributed by atoms with van der Waals surface area (Å²) in [6.07, 6.45) is 0.457. The molecule has 0 aliphatic heterocycles. The molecule has 0 amide bonds. The van der Waals surface area contributed by atoms with Crippen LogP contribution < -0.4 is 0 Å². The molecule has 2 rings (SSSR count). The average Bonchev–Trinajstić information content (AvgIpc) is 2.59. The number of aliphatic hydroxyl groups excluding tert-OH is 1. The number of aliphatic hydroxyl groups is 1. The van der Waals surface area contributed by atoms with Gasteiger partial charge in [-0.15, -0.1) is 0 Å². The highest BCUT2D eigenvalue weighted by Crippen LogP contribution is 2.33. The number of pyridine rings is 1. The maximum atomic E-state index is 14.6. The van der Waals surface area contributed by atoms with Gasteiger partial charge in [0.05, 0.1) is 0 Å². The molecule has 1 aromatic heterocycles. The van der Waals surface area contributed by atoms with Gasteiger partial charge in [0.1, 0.15) is 5.71 Å². The number of halogens is 2. The quantitative estimate of drug-likeness (QED) is 0.651. The Hall–Kier alpha value is -2.67. The Morgan fingerprint density at radius 2 is 1.88 bits per heavy atom. The predicted molar refractivity (Wildman–Crippen MR) is 85.8 cm³/mol. The lowest BCUT2D eigenvalue weighted by molar-refractivity contribution is -0.154. The molecular formula is C17H17F2N3O2. The van der Waals surface area contributed by atoms with Gasteiger partial charge in [-0.3, -0.25) is 9.78 Å². The van der Waals surface area contributed by atoms with E-state index in [1.165, 1.54) is 67.9 Å². The van der Waals surface area contributed by atoms with E-state index in [0.29, 0.717) is 0 Å². The number of benzene rings is 1. The van der Waals surface area contributed by atoms with Gasteiger partial charge in [0.15, 0.2) is 6.10 Å². The molecule has 2 aromatic rings. The van der Waals surface area contributed by atoms with E-state index < -0.39 is 23.5 Å². The average molecular weight is 333 g/mol. The second kappa shape index (κ2) is 7.27. The van der Waals surface area contributed by atoms with Crippen LogP contribution in [0.1, 0.15) is 17.2 Å². The number of alkyl halides is 2. The highest BCUT2D eigenvalue weighted by Gasteiger charge is 2.49. The van der Waals surface area contributed by atoms with E-state index in [1.807, 2.05) is 0 Å². The summed E-state index contributed by atoms with van der Waals surface area (Å²) in [6.45, 7) is 0. The summed E-state index contributed by atoms with van der Waals surface area (Å²) in [7, 11) is 3.02. The highest BCUT2D eigenvalue weighted by molar-refractivity contribution is 6.48. The molecule has 1 aromatic carbocycles. The zero-order valence-corrected chi connectivity index (χ0v) is 13.2. The number of hydrazone groups is 1. The van der Waals surface area contributed by atoms with Gasteiger partial charge in [-0.05, 0) is 17.7 Å². The van der Waals surface area contributed by atoms with Crippen LogP contribution in [0.2, 0.25) is 0 Å². The van der Waals surface area contributed by atoms with Crippen molar-refractivity contribution in [3.8, 4) is 0 Å². The summed E-state index contributed by atoms with van der Waals surface area (Å²) >= 11 is 0. The summed E-state index contributed by atoms with van der Waals surface area (Å²) in [5.74, 6) is -5.60. The molecule has 0 aliphatic rings. The van der Waals surface area contributed by atoms with Gasteiger partial charge in [0, 0.05) is 32.1 Å². The fourth-order valence-corrected chi connectivity index (χ4v) is 2.06. The molecule has 0 fully saturated rings. The van der Waals surface area contributed by atoms with Crippen LogP contribution in [0.5, 0.6) is 0 Å². The molecular weight excluding hydrogens is 316 g/mol. The molecule has 0 saturated heterocycles. The molecule has 1 heterocycles. The number of ketones is 1. The van der Waals surface area contributed by atoms with E-state index >= 15 is 0 Å². The van der Waals surface area contributed by atoms with Crippen LogP contribution >= 0.6 is 0 Å². The third-order valence-electron chi connectivity index (χ3n) is 3.21. The zero-order chi connectivity index (χ0) is 17.7. The van der Waals surface area contributed by atoms with E-state index in [1.54, 1.807) is 6.07 Å². The topological polar surface area (TPSA) is 65.8 Å². The van der Waals surface area contributed by atoms with Crippen molar-refractivity contribution in [1.29, 1.82) is 0 Å². The molecule has 126 valence electrons. The van der Waals surface area contributed by atoms with Crippen molar-refractivity contribution in [2.45, 2.75) is 12.0 Å². The van der Waals surface area contributed by atoms with Crippen LogP contribution in [0.3, 0.4) is 0 Å². The van der Waals surface area contributed by atoms with Crippen molar-refractivity contribution in [3.63, 3.8) is 0 Å². The SMILES string of the molecule is CN(C)/N=C(/C(=O)C(F)(F)C(O)c1ccccc1)c1cccnc1. The van der Waals surface area contributed by atoms with Crippen LogP contribution in [0.4, 0.5) is 8.78 Å². The maximum absolute atomic E-state index is 14.6. The highest BCUT2D eigenvalue weighted by atomic mass is 19.3. The van der Waals surface area contributed by atoms with Gasteiger partial charge in [0.25, 0.3) is 5.78 Å². The van der Waals surface area contributed by atoms with E-state index in [9.17, 15) is 18.7 Å².